The molecule has 8 heteroatoms. The third-order valence-electron chi connectivity index (χ3n) is 4.00. The molecule has 1 fully saturated rings. The molecule has 25 heavy (non-hydrogen) atoms. The van der Waals surface area contributed by atoms with Crippen LogP contribution in [0.25, 0.3) is 0 Å². The van der Waals surface area contributed by atoms with Crippen molar-refractivity contribution in [3.8, 4) is 0 Å². The summed E-state index contributed by atoms with van der Waals surface area (Å²) in [6.07, 6.45) is 1.88. The SMILES string of the molecule is CCNC(=NCc1ccnc(N2CCN(C)CC2)c1)NCCOC.I. The highest BCUT2D eigenvalue weighted by atomic mass is 127. The first-order valence-electron chi connectivity index (χ1n) is 8.62. The molecule has 0 atom stereocenters. The Morgan fingerprint density at radius 2 is 2.04 bits per heavy atom. The Hall–Kier alpha value is -1.13. The normalized spacial score (nSPS) is 15.6. The van der Waals surface area contributed by atoms with Crippen LogP contribution in [-0.4, -0.2) is 75.9 Å². The molecule has 0 bridgehead atoms. The Balaban J connectivity index is 0.00000312. The lowest BCUT2D eigenvalue weighted by Gasteiger charge is -2.33. The van der Waals surface area contributed by atoms with E-state index in [4.69, 9.17) is 4.74 Å². The average molecular weight is 462 g/mol. The van der Waals surface area contributed by atoms with Gasteiger partial charge in [0.25, 0.3) is 0 Å². The van der Waals surface area contributed by atoms with E-state index in [9.17, 15) is 0 Å². The second-order valence-corrected chi connectivity index (χ2v) is 5.93. The maximum atomic E-state index is 5.06. The predicted molar refractivity (Wildman–Crippen MR) is 114 cm³/mol. The largest absolute Gasteiger partial charge is 0.383 e. The highest BCUT2D eigenvalue weighted by molar-refractivity contribution is 14.0. The van der Waals surface area contributed by atoms with E-state index >= 15 is 0 Å². The summed E-state index contributed by atoms with van der Waals surface area (Å²) >= 11 is 0. The number of nitrogens with zero attached hydrogens (tertiary/aromatic N) is 4. The van der Waals surface area contributed by atoms with Crippen molar-refractivity contribution in [2.45, 2.75) is 13.5 Å². The number of guanidine groups is 1. The van der Waals surface area contributed by atoms with E-state index in [1.807, 2.05) is 12.3 Å². The Morgan fingerprint density at radius 3 is 2.72 bits per heavy atom. The third kappa shape index (κ3) is 7.74. The minimum absolute atomic E-state index is 0. The molecule has 0 aliphatic carbocycles. The summed E-state index contributed by atoms with van der Waals surface area (Å²) in [7, 11) is 3.86. The second-order valence-electron chi connectivity index (χ2n) is 5.93. The number of methoxy groups -OCH3 is 1. The van der Waals surface area contributed by atoms with E-state index in [1.54, 1.807) is 7.11 Å². The number of hydrogen-bond acceptors (Lipinski definition) is 5. The summed E-state index contributed by atoms with van der Waals surface area (Å²) in [6, 6.07) is 4.18. The van der Waals surface area contributed by atoms with Gasteiger partial charge in [-0.05, 0) is 31.7 Å². The molecule has 0 amide bonds. The topological polar surface area (TPSA) is 65.0 Å². The molecule has 0 radical (unpaired) electrons. The van der Waals surface area contributed by atoms with Crippen LogP contribution in [0.3, 0.4) is 0 Å². The summed E-state index contributed by atoms with van der Waals surface area (Å²) in [5.74, 6) is 1.86. The zero-order valence-electron chi connectivity index (χ0n) is 15.5. The van der Waals surface area contributed by atoms with Crippen LogP contribution < -0.4 is 15.5 Å². The monoisotopic (exact) mass is 462 g/mol. The van der Waals surface area contributed by atoms with Crippen molar-refractivity contribution in [1.29, 1.82) is 0 Å². The van der Waals surface area contributed by atoms with Crippen LogP contribution in [-0.2, 0) is 11.3 Å². The van der Waals surface area contributed by atoms with Crippen molar-refractivity contribution in [1.82, 2.24) is 20.5 Å². The molecule has 2 heterocycles. The highest BCUT2D eigenvalue weighted by Gasteiger charge is 2.15. The van der Waals surface area contributed by atoms with Crippen molar-refractivity contribution < 1.29 is 4.74 Å². The van der Waals surface area contributed by atoms with Gasteiger partial charge in [0.1, 0.15) is 5.82 Å². The number of ether oxygens (including phenoxy) is 1. The minimum Gasteiger partial charge on any atom is -0.383 e. The Bertz CT molecular complexity index is 520. The molecule has 2 rings (SSSR count). The van der Waals surface area contributed by atoms with Gasteiger partial charge in [-0.2, -0.15) is 0 Å². The molecular weight excluding hydrogens is 431 g/mol. The van der Waals surface area contributed by atoms with E-state index in [0.29, 0.717) is 13.2 Å². The maximum Gasteiger partial charge on any atom is 0.191 e. The number of piperazine rings is 1. The molecule has 1 aromatic rings. The van der Waals surface area contributed by atoms with Gasteiger partial charge in [-0.15, -0.1) is 24.0 Å². The molecule has 1 saturated heterocycles. The van der Waals surface area contributed by atoms with Gasteiger partial charge >= 0.3 is 0 Å². The lowest BCUT2D eigenvalue weighted by atomic mass is 10.2. The predicted octanol–water partition coefficient (Wildman–Crippen LogP) is 1.15. The smallest absolute Gasteiger partial charge is 0.191 e. The minimum atomic E-state index is 0. The van der Waals surface area contributed by atoms with Gasteiger partial charge in [-0.3, -0.25) is 0 Å². The average Bonchev–Trinajstić information content (AvgIpc) is 2.61. The van der Waals surface area contributed by atoms with Crippen molar-refractivity contribution in [2.24, 2.45) is 4.99 Å². The fraction of sp³-hybridized carbons (Fsp3) is 0.647. The molecule has 1 aliphatic heterocycles. The van der Waals surface area contributed by atoms with Gasteiger partial charge in [0.05, 0.1) is 13.2 Å². The number of rotatable bonds is 7. The van der Waals surface area contributed by atoms with Gasteiger partial charge in [0, 0.05) is 52.6 Å². The molecule has 0 unspecified atom stereocenters. The van der Waals surface area contributed by atoms with Crippen LogP contribution >= 0.6 is 24.0 Å². The lowest BCUT2D eigenvalue weighted by Crippen LogP contribution is -2.44. The first-order valence-corrected chi connectivity index (χ1v) is 8.62. The Kier molecular flexibility index (Phi) is 10.7. The van der Waals surface area contributed by atoms with Crippen LogP contribution in [0.4, 0.5) is 5.82 Å². The number of anilines is 1. The van der Waals surface area contributed by atoms with Crippen LogP contribution in [0.15, 0.2) is 23.3 Å². The number of hydrogen-bond donors (Lipinski definition) is 2. The summed E-state index contributed by atoms with van der Waals surface area (Å²) in [6.45, 7) is 9.14. The quantitative estimate of drug-likeness (QED) is 0.275. The summed E-state index contributed by atoms with van der Waals surface area (Å²) in [5, 5.41) is 6.50. The number of likely N-dealkylation sites (N-methyl/N-ethyl adjacent to an activating group) is 1. The zero-order valence-corrected chi connectivity index (χ0v) is 17.8. The van der Waals surface area contributed by atoms with Crippen molar-refractivity contribution >= 4 is 35.8 Å². The van der Waals surface area contributed by atoms with Crippen molar-refractivity contribution in [2.75, 3.05) is 64.9 Å². The first-order chi connectivity index (χ1) is 11.7. The van der Waals surface area contributed by atoms with Gasteiger partial charge in [-0.1, -0.05) is 0 Å². The van der Waals surface area contributed by atoms with Crippen LogP contribution in [0.2, 0.25) is 0 Å². The molecule has 1 aromatic heterocycles. The third-order valence-corrected chi connectivity index (χ3v) is 4.00. The van der Waals surface area contributed by atoms with Crippen LogP contribution in [0, 0.1) is 0 Å². The number of halogens is 1. The van der Waals surface area contributed by atoms with E-state index in [0.717, 1.165) is 51.0 Å². The summed E-state index contributed by atoms with van der Waals surface area (Å²) in [4.78, 5) is 13.9. The number of pyridine rings is 1. The van der Waals surface area contributed by atoms with E-state index in [-0.39, 0.29) is 24.0 Å². The van der Waals surface area contributed by atoms with E-state index in [2.05, 4.69) is 50.4 Å². The van der Waals surface area contributed by atoms with E-state index < -0.39 is 0 Å². The van der Waals surface area contributed by atoms with E-state index in [1.165, 1.54) is 5.56 Å². The number of aromatic nitrogens is 1. The molecule has 0 aromatic carbocycles. The number of aliphatic imine (C=N–C) groups is 1. The molecule has 7 nitrogen and oxygen atoms in total. The summed E-state index contributed by atoms with van der Waals surface area (Å²) in [5.41, 5.74) is 1.17. The molecular formula is C17H31IN6O. The summed E-state index contributed by atoms with van der Waals surface area (Å²) < 4.78 is 5.06. The fourth-order valence-corrected chi connectivity index (χ4v) is 2.55. The highest BCUT2D eigenvalue weighted by Crippen LogP contribution is 2.15. The molecule has 1 aliphatic rings. The van der Waals surface area contributed by atoms with Crippen molar-refractivity contribution in [3.63, 3.8) is 0 Å². The van der Waals surface area contributed by atoms with Gasteiger partial charge in [-0.25, -0.2) is 9.98 Å². The fourth-order valence-electron chi connectivity index (χ4n) is 2.55. The standard InChI is InChI=1S/C17H30N6O.HI/c1-4-18-17(20-7-12-24-3)21-14-15-5-6-19-16(13-15)23-10-8-22(2)9-11-23;/h5-6,13H,4,7-12,14H2,1-3H3,(H2,18,20,21);1H. The Labute approximate surface area is 168 Å². The molecule has 0 saturated carbocycles. The Morgan fingerprint density at radius 1 is 1.28 bits per heavy atom. The van der Waals surface area contributed by atoms with Crippen molar-refractivity contribution in [3.05, 3.63) is 23.9 Å². The molecule has 142 valence electrons. The number of nitrogens with one attached hydrogen (secondary N) is 2. The molecule has 0 spiro atoms. The lowest BCUT2D eigenvalue weighted by molar-refractivity contribution is 0.203. The van der Waals surface area contributed by atoms with Gasteiger partial charge in [0.2, 0.25) is 0 Å². The second kappa shape index (κ2) is 12.3. The first kappa shape index (κ1) is 21.9. The van der Waals surface area contributed by atoms with Crippen LogP contribution in [0.5, 0.6) is 0 Å². The maximum absolute atomic E-state index is 5.06. The van der Waals surface area contributed by atoms with Gasteiger partial charge < -0.3 is 25.2 Å². The molecule has 2 N–H and O–H groups in total. The van der Waals surface area contributed by atoms with Crippen LogP contribution in [0.1, 0.15) is 12.5 Å². The zero-order chi connectivity index (χ0) is 17.2. The van der Waals surface area contributed by atoms with Gasteiger partial charge in [0.15, 0.2) is 5.96 Å².